The summed E-state index contributed by atoms with van der Waals surface area (Å²) in [6.07, 6.45) is 0. The van der Waals surface area contributed by atoms with Crippen LogP contribution in [0.25, 0.3) is 10.2 Å². The van der Waals surface area contributed by atoms with Crippen molar-refractivity contribution in [2.24, 2.45) is 0 Å². The normalized spacial score (nSPS) is 12.5. The summed E-state index contributed by atoms with van der Waals surface area (Å²) in [5, 5.41) is 0.590. The third-order valence-electron chi connectivity index (χ3n) is 4.72. The molecule has 0 aliphatic carbocycles. The highest BCUT2D eigenvalue weighted by atomic mass is 32.1. The first kappa shape index (κ1) is 20.2. The van der Waals surface area contributed by atoms with Crippen molar-refractivity contribution < 1.29 is 9.53 Å². The van der Waals surface area contributed by atoms with Gasteiger partial charge in [-0.25, -0.2) is 9.78 Å². The van der Waals surface area contributed by atoms with Crippen LogP contribution in [0.15, 0.2) is 35.1 Å². The number of aromatic nitrogens is 2. The number of carbonyl (C=O) groups excluding carboxylic acids is 1. The lowest BCUT2D eigenvalue weighted by Gasteiger charge is -2.20. The van der Waals surface area contributed by atoms with Gasteiger partial charge in [0, 0.05) is 4.88 Å². The Hall–Kier alpha value is -2.51. The summed E-state index contributed by atoms with van der Waals surface area (Å²) < 4.78 is 6.95. The van der Waals surface area contributed by atoms with E-state index in [1.54, 1.807) is 6.92 Å². The molecular formula is C21H25N3O3S. The molecule has 1 atom stereocenters. The van der Waals surface area contributed by atoms with Crippen molar-refractivity contribution in [3.8, 4) is 0 Å². The molecule has 0 amide bonds. The molecule has 3 rings (SSSR count). The number of esters is 1. The molecule has 2 aromatic heterocycles. The monoisotopic (exact) mass is 399 g/mol. The first-order valence-corrected chi connectivity index (χ1v) is 9.97. The molecule has 0 aliphatic rings. The van der Waals surface area contributed by atoms with E-state index in [1.165, 1.54) is 15.9 Å². The van der Waals surface area contributed by atoms with Crippen molar-refractivity contribution in [2.75, 3.05) is 14.1 Å². The average molecular weight is 400 g/mol. The molecule has 1 unspecified atom stereocenters. The third kappa shape index (κ3) is 4.00. The molecule has 6 nitrogen and oxygen atoms in total. The number of carbonyl (C=O) groups is 1. The highest BCUT2D eigenvalue weighted by Crippen LogP contribution is 2.27. The topological polar surface area (TPSA) is 64.4 Å². The van der Waals surface area contributed by atoms with Crippen LogP contribution < -0.4 is 5.56 Å². The number of fused-ring (bicyclic) bond motifs is 1. The zero-order valence-corrected chi connectivity index (χ0v) is 17.7. The van der Waals surface area contributed by atoms with Gasteiger partial charge in [0.2, 0.25) is 0 Å². The van der Waals surface area contributed by atoms with Crippen molar-refractivity contribution in [1.82, 2.24) is 14.5 Å². The Morgan fingerprint density at radius 3 is 2.57 bits per heavy atom. The predicted molar refractivity (Wildman–Crippen MR) is 112 cm³/mol. The van der Waals surface area contributed by atoms with Gasteiger partial charge in [-0.3, -0.25) is 9.36 Å². The van der Waals surface area contributed by atoms with E-state index in [0.29, 0.717) is 17.8 Å². The van der Waals surface area contributed by atoms with Crippen molar-refractivity contribution >= 4 is 27.5 Å². The second-order valence-corrected chi connectivity index (χ2v) is 8.38. The molecule has 0 spiro atoms. The summed E-state index contributed by atoms with van der Waals surface area (Å²) in [4.78, 5) is 34.4. The molecule has 0 saturated carbocycles. The van der Waals surface area contributed by atoms with Gasteiger partial charge >= 0.3 is 5.97 Å². The number of ether oxygens (including phenoxy) is 1. The molecule has 0 aliphatic heterocycles. The van der Waals surface area contributed by atoms with Gasteiger partial charge < -0.3 is 9.64 Å². The lowest BCUT2D eigenvalue weighted by molar-refractivity contribution is -0.148. The summed E-state index contributed by atoms with van der Waals surface area (Å²) in [7, 11) is 3.81. The predicted octanol–water partition coefficient (Wildman–Crippen LogP) is 3.44. The van der Waals surface area contributed by atoms with Crippen LogP contribution in [0.1, 0.15) is 34.8 Å². The number of hydrogen-bond acceptors (Lipinski definition) is 6. The Balaban J connectivity index is 1.99. The SMILES string of the molecule is Cc1sc2nc(CN(C)C)n(C(C)C(=O)OCc3ccccc3)c(=O)c2c1C. The number of nitrogens with zero attached hydrogens (tertiary/aromatic N) is 3. The molecule has 2 heterocycles. The number of thiophene rings is 1. The number of benzene rings is 1. The Morgan fingerprint density at radius 1 is 1.25 bits per heavy atom. The zero-order chi connectivity index (χ0) is 20.4. The minimum atomic E-state index is -0.761. The van der Waals surface area contributed by atoms with Gasteiger partial charge in [-0.15, -0.1) is 11.3 Å². The molecular weight excluding hydrogens is 374 g/mol. The molecule has 7 heteroatoms. The average Bonchev–Trinajstić information content (AvgIpc) is 2.94. The van der Waals surface area contributed by atoms with E-state index < -0.39 is 12.0 Å². The number of hydrogen-bond donors (Lipinski definition) is 0. The van der Waals surface area contributed by atoms with Gasteiger partial charge in [-0.1, -0.05) is 30.3 Å². The van der Waals surface area contributed by atoms with Crippen LogP contribution in [0.2, 0.25) is 0 Å². The third-order valence-corrected chi connectivity index (χ3v) is 5.82. The number of rotatable bonds is 6. The van der Waals surface area contributed by atoms with Crippen molar-refractivity contribution in [1.29, 1.82) is 0 Å². The number of aryl methyl sites for hydroxylation is 2. The fourth-order valence-electron chi connectivity index (χ4n) is 3.10. The fourth-order valence-corrected chi connectivity index (χ4v) is 4.14. The van der Waals surface area contributed by atoms with Crippen LogP contribution in [0.5, 0.6) is 0 Å². The minimum Gasteiger partial charge on any atom is -0.459 e. The standard InChI is InChI=1S/C21H25N3O3S/c1-13-15(3)28-19-18(13)20(25)24(17(22-19)11-23(4)5)14(2)21(26)27-12-16-9-7-6-8-10-16/h6-10,14H,11-12H2,1-5H3. The molecule has 0 N–H and O–H groups in total. The highest BCUT2D eigenvalue weighted by molar-refractivity contribution is 7.18. The van der Waals surface area contributed by atoms with Crippen LogP contribution in [-0.4, -0.2) is 34.5 Å². The zero-order valence-electron chi connectivity index (χ0n) is 16.9. The first-order chi connectivity index (χ1) is 13.3. The van der Waals surface area contributed by atoms with Crippen molar-refractivity contribution in [3.63, 3.8) is 0 Å². The summed E-state index contributed by atoms with van der Waals surface area (Å²) in [5.74, 6) is 0.115. The van der Waals surface area contributed by atoms with Gasteiger partial charge in [-0.05, 0) is 46.0 Å². The maximum Gasteiger partial charge on any atom is 0.329 e. The fraction of sp³-hybridized carbons (Fsp3) is 0.381. The van der Waals surface area contributed by atoms with Crippen molar-refractivity contribution in [3.05, 3.63) is 62.5 Å². The van der Waals surface area contributed by atoms with Crippen LogP contribution in [0, 0.1) is 13.8 Å². The van der Waals surface area contributed by atoms with Gasteiger partial charge in [0.1, 0.15) is 23.3 Å². The van der Waals surface area contributed by atoms with Gasteiger partial charge in [0.25, 0.3) is 5.56 Å². The smallest absolute Gasteiger partial charge is 0.329 e. The molecule has 0 saturated heterocycles. The lowest BCUT2D eigenvalue weighted by Crippen LogP contribution is -2.34. The molecule has 1 aromatic carbocycles. The van der Waals surface area contributed by atoms with Crippen molar-refractivity contribution in [2.45, 2.75) is 40.0 Å². The van der Waals surface area contributed by atoms with E-state index in [0.717, 1.165) is 20.8 Å². The molecule has 0 bridgehead atoms. The van der Waals surface area contributed by atoms with Crippen LogP contribution in [0.3, 0.4) is 0 Å². The maximum atomic E-state index is 13.3. The Morgan fingerprint density at radius 2 is 1.93 bits per heavy atom. The van der Waals surface area contributed by atoms with Gasteiger partial charge in [0.05, 0.1) is 11.9 Å². The quantitative estimate of drug-likeness (QED) is 0.594. The molecule has 0 fully saturated rings. The second kappa shape index (κ2) is 8.24. The minimum absolute atomic E-state index is 0.175. The van der Waals surface area contributed by atoms with E-state index >= 15 is 0 Å². The highest BCUT2D eigenvalue weighted by Gasteiger charge is 2.25. The summed E-state index contributed by atoms with van der Waals surface area (Å²) in [6, 6.07) is 8.73. The largest absolute Gasteiger partial charge is 0.459 e. The van der Waals surface area contributed by atoms with Crippen LogP contribution >= 0.6 is 11.3 Å². The van der Waals surface area contributed by atoms with Crippen LogP contribution in [-0.2, 0) is 22.7 Å². The van der Waals surface area contributed by atoms with E-state index in [9.17, 15) is 9.59 Å². The van der Waals surface area contributed by atoms with Gasteiger partial charge in [0.15, 0.2) is 0 Å². The Bertz CT molecular complexity index is 1050. The summed E-state index contributed by atoms with van der Waals surface area (Å²) in [5.41, 5.74) is 1.64. The maximum absolute atomic E-state index is 13.3. The van der Waals surface area contributed by atoms with E-state index in [4.69, 9.17) is 9.72 Å². The second-order valence-electron chi connectivity index (χ2n) is 7.17. The van der Waals surface area contributed by atoms with Crippen LogP contribution in [0.4, 0.5) is 0 Å². The summed E-state index contributed by atoms with van der Waals surface area (Å²) in [6.45, 7) is 6.22. The molecule has 0 radical (unpaired) electrons. The Kier molecular flexibility index (Phi) is 5.96. The van der Waals surface area contributed by atoms with E-state index in [-0.39, 0.29) is 12.2 Å². The van der Waals surface area contributed by atoms with E-state index in [2.05, 4.69) is 0 Å². The first-order valence-electron chi connectivity index (χ1n) is 9.16. The lowest BCUT2D eigenvalue weighted by atomic mass is 10.2. The molecule has 148 valence electrons. The van der Waals surface area contributed by atoms with E-state index in [1.807, 2.05) is 63.2 Å². The molecule has 3 aromatic rings. The van der Waals surface area contributed by atoms with Gasteiger partial charge in [-0.2, -0.15) is 0 Å². The molecule has 28 heavy (non-hydrogen) atoms. The summed E-state index contributed by atoms with van der Waals surface area (Å²) >= 11 is 1.51. The Labute approximate surface area is 168 Å².